The van der Waals surface area contributed by atoms with E-state index in [-0.39, 0.29) is 17.5 Å². The second kappa shape index (κ2) is 6.83. The van der Waals surface area contributed by atoms with Gasteiger partial charge in [-0.15, -0.1) is 0 Å². The Morgan fingerprint density at radius 2 is 2.24 bits per heavy atom. The summed E-state index contributed by atoms with van der Waals surface area (Å²) < 4.78 is 45.5. The Balaban J connectivity index is 2.27. The molecule has 1 atom stereocenters. The number of ether oxygens (including phenoxy) is 1. The van der Waals surface area contributed by atoms with Crippen LogP contribution in [-0.4, -0.2) is 45.6 Å². The lowest BCUT2D eigenvalue weighted by Gasteiger charge is -2.17. The second-order valence-electron chi connectivity index (χ2n) is 5.05. The van der Waals surface area contributed by atoms with Gasteiger partial charge in [-0.05, 0) is 30.7 Å². The summed E-state index contributed by atoms with van der Waals surface area (Å²) in [4.78, 5) is -0.255. The lowest BCUT2D eigenvalue weighted by atomic mass is 10.2. The normalized spacial score (nSPS) is 20.0. The maximum absolute atomic E-state index is 14.0. The van der Waals surface area contributed by atoms with Gasteiger partial charge in [0.15, 0.2) is 0 Å². The van der Waals surface area contributed by atoms with Crippen molar-refractivity contribution in [3.63, 3.8) is 0 Å². The Kier molecular flexibility index (Phi) is 5.32. The number of halogens is 1. The fourth-order valence-corrected chi connectivity index (χ4v) is 3.97. The molecule has 1 aliphatic heterocycles. The molecular formula is C14H21FN2O3S. The van der Waals surface area contributed by atoms with Gasteiger partial charge < -0.3 is 10.1 Å². The van der Waals surface area contributed by atoms with Crippen molar-refractivity contribution < 1.29 is 17.5 Å². The van der Waals surface area contributed by atoms with E-state index >= 15 is 0 Å². The molecule has 7 heteroatoms. The number of rotatable bonds is 6. The molecule has 0 bridgehead atoms. The van der Waals surface area contributed by atoms with Crippen molar-refractivity contribution in [1.82, 2.24) is 9.62 Å². The van der Waals surface area contributed by atoms with Crippen LogP contribution in [0.1, 0.15) is 18.9 Å². The molecule has 1 aromatic rings. The summed E-state index contributed by atoms with van der Waals surface area (Å²) in [5.41, 5.74) is 0.749. The number of methoxy groups -OCH3 is 1. The molecule has 0 aromatic heterocycles. The number of sulfonamides is 1. The van der Waals surface area contributed by atoms with E-state index in [0.717, 1.165) is 12.1 Å². The molecule has 0 spiro atoms. The van der Waals surface area contributed by atoms with Gasteiger partial charge in [0.25, 0.3) is 0 Å². The van der Waals surface area contributed by atoms with Gasteiger partial charge in [-0.25, -0.2) is 12.8 Å². The number of benzene rings is 1. The van der Waals surface area contributed by atoms with Crippen molar-refractivity contribution in [3.8, 4) is 0 Å². The van der Waals surface area contributed by atoms with Crippen LogP contribution < -0.4 is 5.32 Å². The van der Waals surface area contributed by atoms with Gasteiger partial charge in [0.2, 0.25) is 10.0 Å². The molecule has 1 aromatic carbocycles. The van der Waals surface area contributed by atoms with E-state index in [1.165, 1.54) is 16.4 Å². The molecule has 118 valence electrons. The van der Waals surface area contributed by atoms with Crippen molar-refractivity contribution in [2.45, 2.75) is 30.9 Å². The van der Waals surface area contributed by atoms with Crippen LogP contribution in [0.25, 0.3) is 0 Å². The monoisotopic (exact) mass is 316 g/mol. The minimum absolute atomic E-state index is 0.118. The fraction of sp³-hybridized carbons (Fsp3) is 0.571. The maximum Gasteiger partial charge on any atom is 0.246 e. The zero-order valence-corrected chi connectivity index (χ0v) is 13.1. The smallest absolute Gasteiger partial charge is 0.246 e. The minimum Gasteiger partial charge on any atom is -0.380 e. The van der Waals surface area contributed by atoms with Gasteiger partial charge in [0, 0.05) is 26.7 Å². The number of hydrogen-bond acceptors (Lipinski definition) is 4. The lowest BCUT2D eigenvalue weighted by molar-refractivity contribution is 0.115. The van der Waals surface area contributed by atoms with E-state index in [1.54, 1.807) is 13.2 Å². The topological polar surface area (TPSA) is 58.6 Å². The van der Waals surface area contributed by atoms with Crippen molar-refractivity contribution in [2.75, 3.05) is 26.7 Å². The predicted molar refractivity (Wildman–Crippen MR) is 78.0 cm³/mol. The molecule has 5 nitrogen and oxygen atoms in total. The van der Waals surface area contributed by atoms with Crippen molar-refractivity contribution in [3.05, 3.63) is 29.6 Å². The van der Waals surface area contributed by atoms with Gasteiger partial charge in [-0.2, -0.15) is 4.31 Å². The summed E-state index contributed by atoms with van der Waals surface area (Å²) in [7, 11) is -2.26. The van der Waals surface area contributed by atoms with Crippen molar-refractivity contribution in [1.29, 1.82) is 0 Å². The Hall–Kier alpha value is -1.02. The maximum atomic E-state index is 14.0. The molecule has 1 aliphatic rings. The molecule has 0 amide bonds. The van der Waals surface area contributed by atoms with Crippen LogP contribution in [0.2, 0.25) is 0 Å². The Labute approximate surface area is 125 Å². The zero-order chi connectivity index (χ0) is 15.5. The highest BCUT2D eigenvalue weighted by Gasteiger charge is 2.34. The summed E-state index contributed by atoms with van der Waals surface area (Å²) in [6, 6.07) is 4.22. The first-order valence-electron chi connectivity index (χ1n) is 7.01. The predicted octanol–water partition coefficient (Wildman–Crippen LogP) is 1.34. The molecule has 1 heterocycles. The molecule has 1 saturated heterocycles. The number of nitrogens with zero attached hydrogens (tertiary/aromatic N) is 1. The molecule has 1 unspecified atom stereocenters. The molecule has 2 rings (SSSR count). The van der Waals surface area contributed by atoms with Gasteiger partial charge in [0.05, 0.1) is 6.10 Å². The fourth-order valence-electron chi connectivity index (χ4n) is 2.37. The quantitative estimate of drug-likeness (QED) is 0.860. The third kappa shape index (κ3) is 3.60. The first-order chi connectivity index (χ1) is 9.98. The summed E-state index contributed by atoms with van der Waals surface area (Å²) in [6.07, 6.45) is 0.516. The van der Waals surface area contributed by atoms with E-state index in [9.17, 15) is 12.8 Å². The Morgan fingerprint density at radius 1 is 1.48 bits per heavy atom. The highest BCUT2D eigenvalue weighted by Crippen LogP contribution is 2.25. The van der Waals surface area contributed by atoms with Crippen LogP contribution in [0.15, 0.2) is 23.1 Å². The molecule has 21 heavy (non-hydrogen) atoms. The average Bonchev–Trinajstić information content (AvgIpc) is 2.96. The van der Waals surface area contributed by atoms with Crippen LogP contribution >= 0.6 is 0 Å². The second-order valence-corrected chi connectivity index (χ2v) is 6.96. The standard InChI is InChI=1S/C14H21FN2O3S/c1-3-16-9-11-4-5-13(15)14(8-11)21(18,19)17-7-6-12(10-17)20-2/h4-5,8,12,16H,3,6-7,9-10H2,1-2H3. The van der Waals surface area contributed by atoms with Gasteiger partial charge in [0.1, 0.15) is 10.7 Å². The third-order valence-electron chi connectivity index (χ3n) is 3.63. The summed E-state index contributed by atoms with van der Waals surface area (Å²) in [5, 5.41) is 3.10. The SMILES string of the molecule is CCNCc1ccc(F)c(S(=O)(=O)N2CCC(OC)C2)c1. The van der Waals surface area contributed by atoms with Gasteiger partial charge in [-0.3, -0.25) is 0 Å². The third-order valence-corrected chi connectivity index (χ3v) is 5.51. The lowest BCUT2D eigenvalue weighted by Crippen LogP contribution is -2.31. The van der Waals surface area contributed by atoms with Crippen LogP contribution in [0, 0.1) is 5.82 Å². The highest BCUT2D eigenvalue weighted by atomic mass is 32.2. The Bertz CT molecular complexity index is 592. The average molecular weight is 316 g/mol. The minimum atomic E-state index is -3.81. The summed E-state index contributed by atoms with van der Waals surface area (Å²) in [6.45, 7) is 3.87. The molecule has 0 aliphatic carbocycles. The highest BCUT2D eigenvalue weighted by molar-refractivity contribution is 7.89. The summed E-state index contributed by atoms with van der Waals surface area (Å²) in [5.74, 6) is -0.712. The molecular weight excluding hydrogens is 295 g/mol. The number of nitrogens with one attached hydrogen (secondary N) is 1. The Morgan fingerprint density at radius 3 is 2.86 bits per heavy atom. The van der Waals surface area contributed by atoms with Crippen molar-refractivity contribution in [2.24, 2.45) is 0 Å². The largest absolute Gasteiger partial charge is 0.380 e. The molecule has 0 radical (unpaired) electrons. The van der Waals surface area contributed by atoms with E-state index in [0.29, 0.717) is 19.5 Å². The number of hydrogen-bond donors (Lipinski definition) is 1. The van der Waals surface area contributed by atoms with Crippen molar-refractivity contribution >= 4 is 10.0 Å². The van der Waals surface area contributed by atoms with Gasteiger partial charge >= 0.3 is 0 Å². The zero-order valence-electron chi connectivity index (χ0n) is 12.3. The first-order valence-corrected chi connectivity index (χ1v) is 8.45. The molecule has 1 N–H and O–H groups in total. The van der Waals surface area contributed by atoms with E-state index in [4.69, 9.17) is 4.74 Å². The van der Waals surface area contributed by atoms with Crippen LogP contribution in [0.3, 0.4) is 0 Å². The van der Waals surface area contributed by atoms with Crippen LogP contribution in [-0.2, 0) is 21.3 Å². The van der Waals surface area contributed by atoms with Crippen LogP contribution in [0.5, 0.6) is 0 Å². The van der Waals surface area contributed by atoms with E-state index in [1.807, 2.05) is 6.92 Å². The summed E-state index contributed by atoms with van der Waals surface area (Å²) >= 11 is 0. The molecule has 1 fully saturated rings. The molecule has 0 saturated carbocycles. The van der Waals surface area contributed by atoms with E-state index in [2.05, 4.69) is 5.32 Å². The first kappa shape index (κ1) is 16.4. The van der Waals surface area contributed by atoms with E-state index < -0.39 is 15.8 Å². The van der Waals surface area contributed by atoms with Gasteiger partial charge in [-0.1, -0.05) is 13.0 Å². The van der Waals surface area contributed by atoms with Crippen LogP contribution in [0.4, 0.5) is 4.39 Å².